The number of benzene rings is 2. The van der Waals surface area contributed by atoms with Gasteiger partial charge in [0.2, 0.25) is 22.6 Å². The fourth-order valence-electron chi connectivity index (χ4n) is 5.06. The van der Waals surface area contributed by atoms with E-state index in [0.29, 0.717) is 11.8 Å². The van der Waals surface area contributed by atoms with Crippen LogP contribution in [-0.4, -0.2) is 81.1 Å². The number of anilines is 1. The number of nitrogens with two attached hydrogens (primary N) is 1. The van der Waals surface area contributed by atoms with Crippen molar-refractivity contribution in [1.82, 2.24) is 4.90 Å². The maximum Gasteiger partial charge on any atom is 0.420 e. The lowest BCUT2D eigenvalue weighted by Crippen LogP contribution is -2.62. The average molecular weight is 774 g/mol. The van der Waals surface area contributed by atoms with Gasteiger partial charge in [0.05, 0.1) is 61.0 Å². The van der Waals surface area contributed by atoms with Gasteiger partial charge in [-0.25, -0.2) is 41.5 Å². The Bertz CT molecular complexity index is 1880. The van der Waals surface area contributed by atoms with Crippen LogP contribution in [0.4, 0.5) is 19.3 Å². The van der Waals surface area contributed by atoms with Gasteiger partial charge in [0.1, 0.15) is 22.3 Å². The number of morpholine rings is 1. The number of aliphatic hydroxyl groups is 1. The summed E-state index contributed by atoms with van der Waals surface area (Å²) in [4.78, 5) is 50.3. The van der Waals surface area contributed by atoms with Gasteiger partial charge in [-0.15, -0.1) is 0 Å². The minimum atomic E-state index is -4.28. The van der Waals surface area contributed by atoms with Crippen LogP contribution in [-0.2, 0) is 55.6 Å². The summed E-state index contributed by atoms with van der Waals surface area (Å²) in [7, 11) is -4.28. The predicted octanol–water partition coefficient (Wildman–Crippen LogP) is 3.54. The highest BCUT2D eigenvalue weighted by molar-refractivity contribution is 7.89. The molecule has 0 unspecified atom stereocenters. The number of halogens is 3. The van der Waals surface area contributed by atoms with Crippen molar-refractivity contribution in [2.75, 3.05) is 31.9 Å². The van der Waals surface area contributed by atoms with Crippen LogP contribution in [0.1, 0.15) is 48.4 Å². The minimum absolute atomic E-state index is 0.124. The number of rotatable bonds is 13. The monoisotopic (exact) mass is 773 g/mol. The smallest absolute Gasteiger partial charge is 0.420 e. The summed E-state index contributed by atoms with van der Waals surface area (Å²) >= 11 is 6.08. The molecule has 4 N–H and O–H groups in total. The zero-order chi connectivity index (χ0) is 38.2. The Morgan fingerprint density at radius 1 is 1.02 bits per heavy atom. The number of amides is 1. The van der Waals surface area contributed by atoms with Crippen LogP contribution >= 0.6 is 11.6 Å². The Labute approximate surface area is 300 Å². The highest BCUT2D eigenvalue weighted by Gasteiger charge is 2.49. The summed E-state index contributed by atoms with van der Waals surface area (Å²) in [6, 6.07) is 5.92. The maximum absolute atomic E-state index is 13.8. The van der Waals surface area contributed by atoms with E-state index in [1.54, 1.807) is 19.1 Å². The molecule has 1 amide bonds. The van der Waals surface area contributed by atoms with E-state index in [1.807, 2.05) is 0 Å². The largest absolute Gasteiger partial charge is 0.467 e. The number of unbranched alkanes of at least 4 members (excludes halogenated alkanes) is 1. The number of carbonyl (C=O) groups excluding carboxylic acids is 4. The van der Waals surface area contributed by atoms with Gasteiger partial charge in [-0.2, -0.15) is 0 Å². The summed E-state index contributed by atoms with van der Waals surface area (Å²) in [5.74, 6) is -7.55. The lowest BCUT2D eigenvalue weighted by atomic mass is 9.94. The van der Waals surface area contributed by atoms with Crippen molar-refractivity contribution in [3.63, 3.8) is 0 Å². The first-order chi connectivity index (χ1) is 24.5. The standard InChI is InChI=1S/C32H34ClF2N3O13S/c1-18-16-51-32(43,20-10-21(34)12-22(35)11-20)19(2)38(18)31(42)50-17-49-30(41)29(40)48-8-4-3-7-47-28(39)24-13-27(52(36,44)45)25(33)14-26(24)37-15-23-6-5-9-46-23/h5-6,9-14,18-19,37,43H,3-4,7-8,15-17H2,1-2H3,(H2,36,44,45)/t18-,19+,32-/m1/s1. The SMILES string of the molecule is C[C@@H]1CO[C@@](O)(c2cc(F)cc(F)c2)[C@H](C)N1C(=O)OCOC(=O)C(=O)OCCCCOC(=O)c1cc(S(N)(=O)=O)c(Cl)cc1NCc1ccco1. The molecule has 3 atom stereocenters. The molecule has 1 fully saturated rings. The third kappa shape index (κ3) is 9.94. The second-order valence-electron chi connectivity index (χ2n) is 11.3. The molecule has 4 rings (SSSR count). The predicted molar refractivity (Wildman–Crippen MR) is 174 cm³/mol. The first-order valence-corrected chi connectivity index (χ1v) is 17.3. The third-order valence-corrected chi connectivity index (χ3v) is 9.04. The van der Waals surface area contributed by atoms with Gasteiger partial charge in [0.15, 0.2) is 0 Å². The Hall–Kier alpha value is -4.82. The van der Waals surface area contributed by atoms with Crippen LogP contribution < -0.4 is 10.5 Å². The van der Waals surface area contributed by atoms with E-state index in [4.69, 9.17) is 40.1 Å². The number of sulfonamides is 1. The van der Waals surface area contributed by atoms with Crippen molar-refractivity contribution >= 4 is 51.3 Å². The van der Waals surface area contributed by atoms with Crippen LogP contribution in [0, 0.1) is 11.6 Å². The third-order valence-electron chi connectivity index (χ3n) is 7.67. The van der Waals surface area contributed by atoms with E-state index in [2.05, 4.69) is 10.1 Å². The van der Waals surface area contributed by atoms with E-state index in [-0.39, 0.29) is 61.0 Å². The van der Waals surface area contributed by atoms with E-state index < -0.39 is 75.2 Å². The number of hydrogen-bond acceptors (Lipinski definition) is 14. The summed E-state index contributed by atoms with van der Waals surface area (Å²) in [5.41, 5.74) is -0.309. The number of primary sulfonamides is 1. The van der Waals surface area contributed by atoms with Gasteiger partial charge in [0, 0.05) is 11.6 Å². The molecule has 1 saturated heterocycles. The van der Waals surface area contributed by atoms with Gasteiger partial charge >= 0.3 is 24.0 Å². The molecule has 2 heterocycles. The zero-order valence-corrected chi connectivity index (χ0v) is 29.2. The normalized spacial score (nSPS) is 18.7. The van der Waals surface area contributed by atoms with E-state index in [1.165, 1.54) is 19.3 Å². The lowest BCUT2D eigenvalue weighted by molar-refractivity contribution is -0.280. The molecule has 0 aliphatic carbocycles. The number of ether oxygens (including phenoxy) is 5. The number of hydrogen-bond donors (Lipinski definition) is 3. The first kappa shape index (κ1) is 40.0. The molecule has 2 aromatic carbocycles. The number of nitrogens with one attached hydrogen (secondary N) is 1. The van der Waals surface area contributed by atoms with Crippen molar-refractivity contribution < 1.29 is 69.6 Å². The summed E-state index contributed by atoms with van der Waals surface area (Å²) in [6.07, 6.45) is 0.634. The Balaban J connectivity index is 1.20. The van der Waals surface area contributed by atoms with Gasteiger partial charge in [0.25, 0.3) is 0 Å². The number of furan rings is 1. The van der Waals surface area contributed by atoms with Crippen LogP contribution in [0.3, 0.4) is 0 Å². The van der Waals surface area contributed by atoms with Gasteiger partial charge in [-0.3, -0.25) is 4.90 Å². The lowest BCUT2D eigenvalue weighted by Gasteiger charge is -2.47. The molecule has 52 heavy (non-hydrogen) atoms. The van der Waals surface area contributed by atoms with Crippen molar-refractivity contribution in [1.29, 1.82) is 0 Å². The second kappa shape index (κ2) is 17.1. The van der Waals surface area contributed by atoms with Gasteiger partial charge in [-0.1, -0.05) is 11.6 Å². The highest BCUT2D eigenvalue weighted by atomic mass is 35.5. The van der Waals surface area contributed by atoms with Crippen LogP contribution in [0.15, 0.2) is 58.0 Å². The Morgan fingerprint density at radius 3 is 2.31 bits per heavy atom. The molecule has 1 aromatic heterocycles. The van der Waals surface area contributed by atoms with Gasteiger partial charge < -0.3 is 38.5 Å². The number of nitrogens with zero attached hydrogens (tertiary/aromatic N) is 1. The van der Waals surface area contributed by atoms with E-state index >= 15 is 0 Å². The summed E-state index contributed by atoms with van der Waals surface area (Å²) < 4.78 is 81.9. The molecule has 1 aliphatic heterocycles. The molecular formula is C32H34ClF2N3O13S. The molecule has 16 nitrogen and oxygen atoms in total. The fraction of sp³-hybridized carbons (Fsp3) is 0.375. The van der Waals surface area contributed by atoms with Crippen molar-refractivity contribution in [3.8, 4) is 0 Å². The molecule has 1 aliphatic rings. The number of esters is 3. The molecule has 3 aromatic rings. The molecular weight excluding hydrogens is 740 g/mol. The van der Waals surface area contributed by atoms with Crippen LogP contribution in [0.2, 0.25) is 5.02 Å². The van der Waals surface area contributed by atoms with E-state index in [0.717, 1.165) is 23.1 Å². The summed E-state index contributed by atoms with van der Waals surface area (Å²) in [6.45, 7) is 1.29. The van der Waals surface area contributed by atoms with Crippen molar-refractivity contribution in [2.24, 2.45) is 5.14 Å². The fourth-order valence-corrected chi connectivity index (χ4v) is 6.16. The molecule has 0 saturated carbocycles. The average Bonchev–Trinajstić information content (AvgIpc) is 3.60. The minimum Gasteiger partial charge on any atom is -0.467 e. The van der Waals surface area contributed by atoms with Crippen molar-refractivity contribution in [3.05, 3.63) is 82.3 Å². The molecule has 0 radical (unpaired) electrons. The zero-order valence-electron chi connectivity index (χ0n) is 27.6. The maximum atomic E-state index is 13.8. The topological polar surface area (TPSA) is 223 Å². The van der Waals surface area contributed by atoms with Crippen LogP contribution in [0.5, 0.6) is 0 Å². The first-order valence-electron chi connectivity index (χ1n) is 15.4. The Kier molecular flexibility index (Phi) is 13.2. The molecule has 20 heteroatoms. The molecule has 0 bridgehead atoms. The highest BCUT2D eigenvalue weighted by Crippen LogP contribution is 2.36. The molecule has 282 valence electrons. The quantitative estimate of drug-likeness (QED) is 0.0743. The Morgan fingerprint density at radius 2 is 1.67 bits per heavy atom. The second-order valence-corrected chi connectivity index (χ2v) is 13.3. The number of carbonyl (C=O) groups is 4. The van der Waals surface area contributed by atoms with Crippen LogP contribution in [0.25, 0.3) is 0 Å². The summed E-state index contributed by atoms with van der Waals surface area (Å²) in [5, 5.41) is 19.0. The molecule has 0 spiro atoms. The van der Waals surface area contributed by atoms with Gasteiger partial charge in [-0.05, 0) is 63.1 Å². The van der Waals surface area contributed by atoms with E-state index in [9.17, 15) is 41.5 Å². The van der Waals surface area contributed by atoms with Crippen molar-refractivity contribution in [2.45, 2.75) is 56.0 Å².